The van der Waals surface area contributed by atoms with Gasteiger partial charge in [0.05, 0.1) is 5.69 Å². The predicted octanol–water partition coefficient (Wildman–Crippen LogP) is 0.275. The van der Waals surface area contributed by atoms with E-state index in [4.69, 9.17) is 29.0 Å². The summed E-state index contributed by atoms with van der Waals surface area (Å²) in [6, 6.07) is 12.8. The molecule has 17 heteroatoms. The summed E-state index contributed by atoms with van der Waals surface area (Å²) in [5.74, 6) is 0.290. The van der Waals surface area contributed by atoms with Crippen LogP contribution in [0.3, 0.4) is 0 Å². The Kier molecular flexibility index (Phi) is 7.35. The molecular weight excluding hydrogens is 520 g/mol. The quantitative estimate of drug-likeness (QED) is 0.231. The Morgan fingerprint density at radius 2 is 1.97 bits per heavy atom. The zero-order valence-electron chi connectivity index (χ0n) is 18.2. The maximum atomic E-state index is 12.1. The van der Waals surface area contributed by atoms with Gasteiger partial charge in [-0.2, -0.15) is 10.4 Å². The number of rotatable bonds is 9. The lowest BCUT2D eigenvalue weighted by Crippen LogP contribution is -2.41. The minimum Gasteiger partial charge on any atom is -0.387 e. The van der Waals surface area contributed by atoms with Crippen molar-refractivity contribution in [1.82, 2.24) is 14.2 Å². The molecule has 5 N–H and O–H groups in total. The monoisotopic (exact) mass is 540 g/mol. The molecule has 36 heavy (non-hydrogen) atoms. The minimum absolute atomic E-state index is 0.0319. The standard InChI is InChI=1S/C19H19N5O10P2/c20-9-19(15-7-6-13-18(21)23(10-22-24(13)15)11-32-36(28,29)30)17(26)16(25)14(33-19)8-31-35(27)34-12-4-2-1-3-5-12/h1-7,10,14,16-17,21,25-26H,8,11H2,(H-,28,29,30)/p+1/t14-,16-,17-,19+/m1/s1. The van der Waals surface area contributed by atoms with Crippen molar-refractivity contribution in [2.75, 3.05) is 6.61 Å². The minimum atomic E-state index is -4.80. The van der Waals surface area contributed by atoms with Crippen molar-refractivity contribution < 1.29 is 47.4 Å². The third kappa shape index (κ3) is 5.09. The van der Waals surface area contributed by atoms with Gasteiger partial charge in [0.1, 0.15) is 49.6 Å². The molecule has 1 aliphatic rings. The Morgan fingerprint density at radius 1 is 1.25 bits per heavy atom. The number of fused-ring (bicyclic) bond motifs is 1. The van der Waals surface area contributed by atoms with Crippen molar-refractivity contribution in [3.63, 3.8) is 0 Å². The van der Waals surface area contributed by atoms with Gasteiger partial charge in [-0.25, -0.2) is 13.6 Å². The molecule has 15 nitrogen and oxygen atoms in total. The first-order valence-electron chi connectivity index (χ1n) is 10.2. The van der Waals surface area contributed by atoms with Crippen LogP contribution in [0.5, 0.6) is 5.75 Å². The Morgan fingerprint density at radius 3 is 2.64 bits per heavy atom. The normalized spacial score (nSPS) is 24.5. The van der Waals surface area contributed by atoms with Crippen LogP contribution in [0, 0.1) is 16.7 Å². The van der Waals surface area contributed by atoms with Gasteiger partial charge in [-0.15, -0.1) is 4.52 Å². The van der Waals surface area contributed by atoms with Crippen LogP contribution in [-0.4, -0.2) is 59.1 Å². The number of aromatic nitrogens is 3. The fraction of sp³-hybridized carbons (Fsp3) is 0.316. The lowest BCUT2D eigenvalue weighted by atomic mass is 9.92. The molecule has 0 radical (unpaired) electrons. The Hall–Kier alpha value is -3.02. The third-order valence-electron chi connectivity index (χ3n) is 5.33. The summed E-state index contributed by atoms with van der Waals surface area (Å²) in [4.78, 5) is 17.8. The van der Waals surface area contributed by atoms with E-state index in [1.165, 1.54) is 12.1 Å². The molecule has 1 saturated heterocycles. The van der Waals surface area contributed by atoms with E-state index in [1.54, 1.807) is 30.3 Å². The average Bonchev–Trinajstić information content (AvgIpc) is 3.38. The second-order valence-corrected chi connectivity index (χ2v) is 9.70. The molecule has 0 spiro atoms. The number of aliphatic hydroxyl groups is 2. The molecule has 3 aromatic rings. The van der Waals surface area contributed by atoms with Gasteiger partial charge >= 0.3 is 16.1 Å². The number of ether oxygens (including phenoxy) is 1. The van der Waals surface area contributed by atoms with Gasteiger partial charge in [0.15, 0.2) is 11.2 Å². The highest BCUT2D eigenvalue weighted by Crippen LogP contribution is 2.41. The second kappa shape index (κ2) is 10.2. The van der Waals surface area contributed by atoms with Gasteiger partial charge in [-0.05, 0) is 24.3 Å². The highest BCUT2D eigenvalue weighted by atomic mass is 31.2. The van der Waals surface area contributed by atoms with Crippen LogP contribution in [0.1, 0.15) is 5.69 Å². The van der Waals surface area contributed by atoms with Crippen molar-refractivity contribution in [1.29, 1.82) is 10.7 Å². The summed E-state index contributed by atoms with van der Waals surface area (Å²) in [6.07, 6.45) is -3.63. The summed E-state index contributed by atoms with van der Waals surface area (Å²) >= 11 is 0. The van der Waals surface area contributed by atoms with E-state index in [2.05, 4.69) is 9.62 Å². The van der Waals surface area contributed by atoms with Crippen LogP contribution in [0.25, 0.3) is 5.52 Å². The van der Waals surface area contributed by atoms with Gasteiger partial charge in [0.2, 0.25) is 5.60 Å². The van der Waals surface area contributed by atoms with Crippen molar-refractivity contribution in [3.8, 4) is 11.8 Å². The van der Waals surface area contributed by atoms with Gasteiger partial charge in [-0.1, -0.05) is 18.2 Å². The number of phosphoric acid groups is 1. The number of benzene rings is 1. The van der Waals surface area contributed by atoms with Crippen molar-refractivity contribution in [2.24, 2.45) is 0 Å². The van der Waals surface area contributed by atoms with Gasteiger partial charge < -0.3 is 24.7 Å². The van der Waals surface area contributed by atoms with E-state index in [-0.39, 0.29) is 16.7 Å². The largest absolute Gasteiger partial charge is 0.750 e. The number of phosphoric ester groups is 1. The zero-order chi connectivity index (χ0) is 26.1. The van der Waals surface area contributed by atoms with Crippen LogP contribution in [0.2, 0.25) is 0 Å². The molecule has 4 rings (SSSR count). The third-order valence-corrected chi connectivity index (χ3v) is 6.50. The van der Waals surface area contributed by atoms with Gasteiger partial charge in [0, 0.05) is 4.57 Å². The van der Waals surface area contributed by atoms with E-state index >= 15 is 0 Å². The maximum Gasteiger partial charge on any atom is 0.750 e. The molecule has 1 aromatic carbocycles. The topological polar surface area (TPSA) is 222 Å². The predicted molar refractivity (Wildman–Crippen MR) is 117 cm³/mol. The van der Waals surface area contributed by atoms with E-state index in [0.717, 1.165) is 15.4 Å². The van der Waals surface area contributed by atoms with Crippen LogP contribution >= 0.6 is 16.1 Å². The SMILES string of the molecule is N#C[C@@]1(c2ccc3c(=N)n(COP(=O)(O)O)cnn23)O[C@H](CO[P+](=O)Oc2ccccc2)[C@@H](O)[C@H]1O. The molecule has 2 aromatic heterocycles. The Labute approximate surface area is 203 Å². The zero-order valence-corrected chi connectivity index (χ0v) is 20.0. The molecule has 0 saturated carbocycles. The van der Waals surface area contributed by atoms with Crippen molar-refractivity contribution in [2.45, 2.75) is 30.6 Å². The molecule has 0 aliphatic carbocycles. The van der Waals surface area contributed by atoms with Crippen LogP contribution in [0.4, 0.5) is 0 Å². The Bertz CT molecular complexity index is 1420. The highest BCUT2D eigenvalue weighted by Gasteiger charge is 2.58. The fourth-order valence-electron chi connectivity index (χ4n) is 3.61. The number of para-hydroxylation sites is 1. The molecule has 1 aliphatic heterocycles. The number of aliphatic hydroxyl groups excluding tert-OH is 2. The van der Waals surface area contributed by atoms with Crippen LogP contribution < -0.4 is 10.0 Å². The number of nitrogens with zero attached hydrogens (tertiary/aromatic N) is 4. The van der Waals surface area contributed by atoms with Crippen LogP contribution in [0.15, 0.2) is 48.8 Å². The van der Waals surface area contributed by atoms with Gasteiger partial charge in [0.25, 0.3) is 0 Å². The molecule has 1 fully saturated rings. The number of nitrogens with one attached hydrogen (secondary N) is 1. The Balaban J connectivity index is 1.55. The summed E-state index contributed by atoms with van der Waals surface area (Å²) < 4.78 is 45.5. The molecule has 0 bridgehead atoms. The maximum absolute atomic E-state index is 12.1. The van der Waals surface area contributed by atoms with E-state index in [9.17, 15) is 24.6 Å². The van der Waals surface area contributed by atoms with Crippen molar-refractivity contribution in [3.05, 3.63) is 60.0 Å². The number of nitriles is 1. The molecule has 190 valence electrons. The van der Waals surface area contributed by atoms with E-state index < -0.39 is 53.3 Å². The second-order valence-electron chi connectivity index (χ2n) is 7.58. The highest BCUT2D eigenvalue weighted by molar-refractivity contribution is 7.46. The summed E-state index contributed by atoms with van der Waals surface area (Å²) in [5.41, 5.74) is -2.36. The molecular formula is C19H20N5O10P2+. The average molecular weight is 540 g/mol. The van der Waals surface area contributed by atoms with E-state index in [1.807, 2.05) is 6.07 Å². The first kappa shape index (κ1) is 26.1. The first-order chi connectivity index (χ1) is 17.1. The molecule has 1 unspecified atom stereocenters. The number of hydrogen-bond donors (Lipinski definition) is 5. The molecule has 5 atom stereocenters. The van der Waals surface area contributed by atoms with Gasteiger partial charge in [-0.3, -0.25) is 14.5 Å². The lowest BCUT2D eigenvalue weighted by Gasteiger charge is -2.24. The van der Waals surface area contributed by atoms with E-state index in [0.29, 0.717) is 5.75 Å². The summed E-state index contributed by atoms with van der Waals surface area (Å²) in [7, 11) is -7.45. The van der Waals surface area contributed by atoms with Crippen LogP contribution in [-0.2, 0) is 35.2 Å². The van der Waals surface area contributed by atoms with Crippen molar-refractivity contribution >= 4 is 21.6 Å². The summed E-state index contributed by atoms with van der Waals surface area (Å²) in [6.45, 7) is -1.15. The summed E-state index contributed by atoms with van der Waals surface area (Å²) in [5, 5.41) is 43.5. The molecule has 0 amide bonds. The first-order valence-corrected chi connectivity index (χ1v) is 12.8. The molecule has 3 heterocycles. The number of hydrogen-bond acceptors (Lipinski definition) is 11. The fourth-order valence-corrected chi connectivity index (χ4v) is 4.50. The lowest BCUT2D eigenvalue weighted by molar-refractivity contribution is -0.0612. The smallest absolute Gasteiger partial charge is 0.387 e.